The fraction of sp³-hybridized carbons (Fsp3) is 0.353. The van der Waals surface area contributed by atoms with Crippen LogP contribution in [0.15, 0.2) is 24.3 Å². The molecule has 0 unspecified atom stereocenters. The van der Waals surface area contributed by atoms with Gasteiger partial charge in [-0.1, -0.05) is 0 Å². The summed E-state index contributed by atoms with van der Waals surface area (Å²) in [5.41, 5.74) is 12.4. The van der Waals surface area contributed by atoms with E-state index < -0.39 is 17.0 Å². The predicted molar refractivity (Wildman–Crippen MR) is 84.7 cm³/mol. The summed E-state index contributed by atoms with van der Waals surface area (Å²) >= 11 is 0. The van der Waals surface area contributed by atoms with Gasteiger partial charge in [0.2, 0.25) is 0 Å². The van der Waals surface area contributed by atoms with Crippen LogP contribution in [0.2, 0.25) is 0 Å². The lowest BCUT2D eigenvalue weighted by atomic mass is 9.98. The summed E-state index contributed by atoms with van der Waals surface area (Å²) in [5.74, 6) is -0.477. The number of nitrogens with two attached hydrogens (primary N) is 2. The Labute approximate surface area is 132 Å². The number of anilines is 2. The SMILES string of the molecule is Nc1ccc(-c2cc(F)cc(C3(O)CC3)c2N)nc1C1(O)CC1. The smallest absolute Gasteiger partial charge is 0.124 e. The van der Waals surface area contributed by atoms with Crippen molar-refractivity contribution in [2.24, 2.45) is 0 Å². The molecular formula is C17H18FN3O2. The van der Waals surface area contributed by atoms with Crippen molar-refractivity contribution in [1.82, 2.24) is 4.98 Å². The number of benzene rings is 1. The largest absolute Gasteiger partial charge is 0.398 e. The van der Waals surface area contributed by atoms with Gasteiger partial charge in [-0.3, -0.25) is 0 Å². The third-order valence-electron chi connectivity index (χ3n) is 4.74. The highest BCUT2D eigenvalue weighted by molar-refractivity contribution is 5.78. The summed E-state index contributed by atoms with van der Waals surface area (Å²) in [6.07, 6.45) is 2.36. The quantitative estimate of drug-likeness (QED) is 0.649. The summed E-state index contributed by atoms with van der Waals surface area (Å²) < 4.78 is 14.0. The molecule has 2 aliphatic carbocycles. The summed E-state index contributed by atoms with van der Waals surface area (Å²) in [7, 11) is 0. The normalized spacial score (nSPS) is 20.3. The molecule has 6 heteroatoms. The van der Waals surface area contributed by atoms with Gasteiger partial charge in [-0.15, -0.1) is 0 Å². The van der Waals surface area contributed by atoms with Crippen LogP contribution in [0.4, 0.5) is 15.8 Å². The zero-order valence-corrected chi connectivity index (χ0v) is 12.5. The highest BCUT2D eigenvalue weighted by atomic mass is 19.1. The molecule has 1 heterocycles. The Morgan fingerprint density at radius 1 is 1.00 bits per heavy atom. The molecule has 120 valence electrons. The number of hydrogen-bond donors (Lipinski definition) is 4. The van der Waals surface area contributed by atoms with Crippen LogP contribution in [-0.4, -0.2) is 15.2 Å². The van der Waals surface area contributed by atoms with Crippen molar-refractivity contribution < 1.29 is 14.6 Å². The number of nitrogen functional groups attached to an aromatic ring is 2. The van der Waals surface area contributed by atoms with E-state index in [0.717, 1.165) is 0 Å². The Morgan fingerprint density at radius 2 is 1.65 bits per heavy atom. The average Bonchev–Trinajstić information content (AvgIpc) is 3.42. The Kier molecular flexibility index (Phi) is 2.77. The third kappa shape index (κ3) is 2.26. The topological polar surface area (TPSA) is 105 Å². The van der Waals surface area contributed by atoms with E-state index in [0.29, 0.717) is 59.6 Å². The van der Waals surface area contributed by atoms with Crippen LogP contribution in [0, 0.1) is 5.82 Å². The molecule has 5 nitrogen and oxygen atoms in total. The molecule has 2 aliphatic rings. The molecule has 1 aromatic heterocycles. The van der Waals surface area contributed by atoms with Crippen LogP contribution in [0.5, 0.6) is 0 Å². The van der Waals surface area contributed by atoms with Gasteiger partial charge in [-0.2, -0.15) is 0 Å². The van der Waals surface area contributed by atoms with Crippen molar-refractivity contribution in [2.75, 3.05) is 11.5 Å². The lowest BCUT2D eigenvalue weighted by Crippen LogP contribution is -2.13. The van der Waals surface area contributed by atoms with Crippen LogP contribution in [0.1, 0.15) is 36.9 Å². The minimum atomic E-state index is -1.04. The molecule has 0 bridgehead atoms. The van der Waals surface area contributed by atoms with Crippen molar-refractivity contribution in [3.63, 3.8) is 0 Å². The first-order valence-corrected chi connectivity index (χ1v) is 7.64. The van der Waals surface area contributed by atoms with Crippen LogP contribution in [0.3, 0.4) is 0 Å². The minimum absolute atomic E-state index is 0.317. The summed E-state index contributed by atoms with van der Waals surface area (Å²) in [6.45, 7) is 0. The molecular weight excluding hydrogens is 297 g/mol. The van der Waals surface area contributed by atoms with E-state index in [1.165, 1.54) is 12.1 Å². The molecule has 0 radical (unpaired) electrons. The average molecular weight is 315 g/mol. The van der Waals surface area contributed by atoms with Gasteiger partial charge in [0.1, 0.15) is 11.4 Å². The Bertz CT molecular complexity index is 814. The second-order valence-corrected chi connectivity index (χ2v) is 6.61. The first kappa shape index (κ1) is 14.4. The van der Waals surface area contributed by atoms with E-state index in [-0.39, 0.29) is 0 Å². The van der Waals surface area contributed by atoms with E-state index in [2.05, 4.69) is 4.98 Å². The fourth-order valence-corrected chi connectivity index (χ4v) is 2.95. The van der Waals surface area contributed by atoms with Crippen LogP contribution >= 0.6 is 0 Å². The number of aliphatic hydroxyl groups is 2. The van der Waals surface area contributed by atoms with Crippen molar-refractivity contribution in [3.05, 3.63) is 41.3 Å². The second kappa shape index (κ2) is 4.43. The van der Waals surface area contributed by atoms with Gasteiger partial charge in [0.15, 0.2) is 0 Å². The zero-order chi connectivity index (χ0) is 16.4. The molecule has 4 rings (SSSR count). The van der Waals surface area contributed by atoms with Crippen LogP contribution in [0.25, 0.3) is 11.3 Å². The Hall–Kier alpha value is -2.18. The Morgan fingerprint density at radius 3 is 2.26 bits per heavy atom. The second-order valence-electron chi connectivity index (χ2n) is 6.61. The lowest BCUT2D eigenvalue weighted by molar-refractivity contribution is 0.147. The van der Waals surface area contributed by atoms with Gasteiger partial charge in [0, 0.05) is 16.8 Å². The maximum atomic E-state index is 14.0. The minimum Gasteiger partial charge on any atom is -0.398 e. The van der Waals surface area contributed by atoms with Gasteiger partial charge in [0.05, 0.1) is 22.7 Å². The number of rotatable bonds is 3. The van der Waals surface area contributed by atoms with Crippen LogP contribution < -0.4 is 11.5 Å². The van der Waals surface area contributed by atoms with Crippen LogP contribution in [-0.2, 0) is 11.2 Å². The number of aromatic nitrogens is 1. The van der Waals surface area contributed by atoms with Crippen molar-refractivity contribution in [1.29, 1.82) is 0 Å². The van der Waals surface area contributed by atoms with Crippen molar-refractivity contribution in [3.8, 4) is 11.3 Å². The fourth-order valence-electron chi connectivity index (χ4n) is 2.95. The van der Waals surface area contributed by atoms with Gasteiger partial charge < -0.3 is 21.7 Å². The number of hydrogen-bond acceptors (Lipinski definition) is 5. The molecule has 0 saturated heterocycles. The highest BCUT2D eigenvalue weighted by Crippen LogP contribution is 2.50. The van der Waals surface area contributed by atoms with Gasteiger partial charge in [0.25, 0.3) is 0 Å². The molecule has 0 atom stereocenters. The molecule has 0 amide bonds. The molecule has 1 aromatic carbocycles. The first-order valence-electron chi connectivity index (χ1n) is 7.64. The van der Waals surface area contributed by atoms with Gasteiger partial charge in [-0.05, 0) is 49.9 Å². The highest BCUT2D eigenvalue weighted by Gasteiger charge is 2.46. The first-order chi connectivity index (χ1) is 10.8. The monoisotopic (exact) mass is 315 g/mol. The van der Waals surface area contributed by atoms with Crippen molar-refractivity contribution >= 4 is 11.4 Å². The molecule has 2 saturated carbocycles. The molecule has 2 fully saturated rings. The van der Waals surface area contributed by atoms with E-state index in [1.807, 2.05) is 0 Å². The van der Waals surface area contributed by atoms with E-state index in [4.69, 9.17) is 11.5 Å². The number of halogens is 1. The van der Waals surface area contributed by atoms with Gasteiger partial charge >= 0.3 is 0 Å². The predicted octanol–water partition coefficient (Wildman–Crippen LogP) is 2.01. The number of nitrogens with zero attached hydrogens (tertiary/aromatic N) is 1. The number of pyridine rings is 1. The summed E-state index contributed by atoms with van der Waals surface area (Å²) in [4.78, 5) is 4.42. The van der Waals surface area contributed by atoms with Crippen molar-refractivity contribution in [2.45, 2.75) is 36.9 Å². The standard InChI is InChI=1S/C17H18FN3O2/c18-9-7-10(14(20)11(8-9)16(22)3-4-16)13-2-1-12(19)15(21-13)17(23)5-6-17/h1-2,7-8,22-23H,3-6,19-20H2. The summed E-state index contributed by atoms with van der Waals surface area (Å²) in [5, 5.41) is 20.6. The van der Waals surface area contributed by atoms with E-state index in [1.54, 1.807) is 12.1 Å². The molecule has 0 aliphatic heterocycles. The molecule has 6 N–H and O–H groups in total. The van der Waals surface area contributed by atoms with Gasteiger partial charge in [-0.25, -0.2) is 9.37 Å². The molecule has 23 heavy (non-hydrogen) atoms. The van der Waals surface area contributed by atoms with E-state index in [9.17, 15) is 14.6 Å². The Balaban J connectivity index is 1.87. The zero-order valence-electron chi connectivity index (χ0n) is 12.5. The lowest BCUT2D eigenvalue weighted by Gasteiger charge is -2.17. The van der Waals surface area contributed by atoms with E-state index >= 15 is 0 Å². The molecule has 0 spiro atoms. The maximum Gasteiger partial charge on any atom is 0.124 e. The maximum absolute atomic E-state index is 14.0. The molecule has 2 aromatic rings. The third-order valence-corrected chi connectivity index (χ3v) is 4.74. The summed E-state index contributed by atoms with van der Waals surface area (Å²) in [6, 6.07) is 5.86.